The topological polar surface area (TPSA) is 31.2 Å². The summed E-state index contributed by atoms with van der Waals surface area (Å²) >= 11 is 3.41. The summed E-state index contributed by atoms with van der Waals surface area (Å²) in [6.07, 6.45) is 0. The van der Waals surface area contributed by atoms with E-state index in [4.69, 9.17) is 4.74 Å². The van der Waals surface area contributed by atoms with Gasteiger partial charge in [0.15, 0.2) is 0 Å². The molecule has 1 aromatic carbocycles. The van der Waals surface area contributed by atoms with E-state index in [0.717, 1.165) is 15.9 Å². The molecule has 3 nitrogen and oxygen atoms in total. The van der Waals surface area contributed by atoms with E-state index in [2.05, 4.69) is 15.9 Å². The van der Waals surface area contributed by atoms with Gasteiger partial charge in [-0.15, -0.1) is 0 Å². The van der Waals surface area contributed by atoms with Crippen LogP contribution in [0.5, 0.6) is 5.75 Å². The molecule has 0 radical (unpaired) electrons. The fourth-order valence-electron chi connectivity index (χ4n) is 1.90. The van der Waals surface area contributed by atoms with Gasteiger partial charge in [0.05, 0.1) is 12.7 Å². The molecule has 0 aliphatic rings. The van der Waals surface area contributed by atoms with Gasteiger partial charge in [-0.25, -0.2) is 0 Å². The lowest BCUT2D eigenvalue weighted by atomic mass is 10.2. The van der Waals surface area contributed by atoms with Crippen LogP contribution in [-0.4, -0.2) is 17.6 Å². The van der Waals surface area contributed by atoms with Crippen LogP contribution in [0.15, 0.2) is 34.8 Å². The normalized spacial score (nSPS) is 10.4. The van der Waals surface area contributed by atoms with Crippen LogP contribution >= 0.6 is 15.9 Å². The minimum atomic E-state index is -0.0548. The van der Waals surface area contributed by atoms with Gasteiger partial charge in [-0.1, -0.05) is 0 Å². The number of methoxy groups -OCH3 is 1. The molecule has 0 fully saturated rings. The van der Waals surface area contributed by atoms with Gasteiger partial charge in [0.1, 0.15) is 5.75 Å². The molecule has 0 N–H and O–H groups in total. The van der Waals surface area contributed by atoms with Crippen molar-refractivity contribution >= 4 is 21.8 Å². The Morgan fingerprint density at radius 3 is 2.33 bits per heavy atom. The van der Waals surface area contributed by atoms with Crippen molar-refractivity contribution in [3.63, 3.8) is 0 Å². The highest BCUT2D eigenvalue weighted by molar-refractivity contribution is 9.10. The second kappa shape index (κ2) is 4.98. The number of rotatable bonds is 2. The first kappa shape index (κ1) is 12.9. The number of carbonyl (C=O) groups is 1. The van der Waals surface area contributed by atoms with Crippen LogP contribution in [0, 0.1) is 13.8 Å². The summed E-state index contributed by atoms with van der Waals surface area (Å²) in [5.74, 6) is 0.616. The van der Waals surface area contributed by atoms with Gasteiger partial charge in [-0.05, 0) is 60.1 Å². The summed E-state index contributed by atoms with van der Waals surface area (Å²) in [6, 6.07) is 9.24. The minimum Gasteiger partial charge on any atom is -0.497 e. The van der Waals surface area contributed by atoms with Crippen LogP contribution in [-0.2, 0) is 0 Å². The Labute approximate surface area is 115 Å². The van der Waals surface area contributed by atoms with Crippen molar-refractivity contribution in [2.45, 2.75) is 13.8 Å². The first-order valence-corrected chi connectivity index (χ1v) is 6.37. The second-order valence-corrected chi connectivity index (χ2v) is 4.96. The average Bonchev–Trinajstić information content (AvgIpc) is 2.69. The fourth-order valence-corrected chi connectivity index (χ4v) is 2.32. The highest BCUT2D eigenvalue weighted by Crippen LogP contribution is 2.24. The number of halogens is 1. The predicted octanol–water partition coefficient (Wildman–Crippen LogP) is 3.56. The Bertz CT molecular complexity index is 582. The molecule has 0 saturated carbocycles. The molecule has 2 rings (SSSR count). The molecule has 18 heavy (non-hydrogen) atoms. The molecule has 0 amide bonds. The molecule has 0 spiro atoms. The number of nitrogens with zero attached hydrogens (tertiary/aromatic N) is 1. The first-order chi connectivity index (χ1) is 8.54. The largest absolute Gasteiger partial charge is 0.497 e. The van der Waals surface area contributed by atoms with Crippen molar-refractivity contribution in [2.75, 3.05) is 7.11 Å². The average molecular weight is 308 g/mol. The number of ether oxygens (including phenoxy) is 1. The van der Waals surface area contributed by atoms with Crippen LogP contribution in [0.25, 0.3) is 0 Å². The van der Waals surface area contributed by atoms with Crippen molar-refractivity contribution in [1.82, 2.24) is 4.57 Å². The molecule has 0 unspecified atom stereocenters. The van der Waals surface area contributed by atoms with Crippen LogP contribution in [0.2, 0.25) is 0 Å². The molecule has 0 aliphatic heterocycles. The van der Waals surface area contributed by atoms with E-state index in [9.17, 15) is 4.79 Å². The number of hydrogen-bond acceptors (Lipinski definition) is 2. The molecule has 0 bridgehead atoms. The summed E-state index contributed by atoms with van der Waals surface area (Å²) < 4.78 is 7.61. The lowest BCUT2D eigenvalue weighted by Gasteiger charge is -2.10. The van der Waals surface area contributed by atoms with Crippen molar-refractivity contribution in [1.29, 1.82) is 0 Å². The van der Waals surface area contributed by atoms with E-state index in [0.29, 0.717) is 11.3 Å². The van der Waals surface area contributed by atoms with Crippen LogP contribution in [0.3, 0.4) is 0 Å². The predicted molar refractivity (Wildman–Crippen MR) is 74.3 cm³/mol. The highest BCUT2D eigenvalue weighted by atomic mass is 79.9. The molecule has 1 aromatic heterocycles. The van der Waals surface area contributed by atoms with E-state index in [1.807, 2.05) is 38.1 Å². The Morgan fingerprint density at radius 2 is 1.78 bits per heavy atom. The standard InChI is InChI=1S/C14H14BrNO2/c1-9-4-5-10(2)16(9)14(17)12-8-11(18-3)6-7-13(12)15/h4-8H,1-3H3. The van der Waals surface area contributed by atoms with Crippen molar-refractivity contribution in [3.05, 3.63) is 51.8 Å². The Hall–Kier alpha value is -1.55. The third-order valence-corrected chi connectivity index (χ3v) is 3.57. The van der Waals surface area contributed by atoms with Gasteiger partial charge in [0.2, 0.25) is 0 Å². The molecule has 0 aliphatic carbocycles. The number of aromatic nitrogens is 1. The zero-order valence-electron chi connectivity index (χ0n) is 10.5. The second-order valence-electron chi connectivity index (χ2n) is 4.10. The van der Waals surface area contributed by atoms with Crippen LogP contribution < -0.4 is 4.74 Å². The van der Waals surface area contributed by atoms with E-state index < -0.39 is 0 Å². The number of hydrogen-bond donors (Lipinski definition) is 0. The molecule has 0 saturated heterocycles. The SMILES string of the molecule is COc1ccc(Br)c(C(=O)n2c(C)ccc2C)c1. The maximum Gasteiger partial charge on any atom is 0.263 e. The molecular weight excluding hydrogens is 294 g/mol. The first-order valence-electron chi connectivity index (χ1n) is 5.58. The zero-order valence-corrected chi connectivity index (χ0v) is 12.1. The van der Waals surface area contributed by atoms with Gasteiger partial charge in [-0.3, -0.25) is 9.36 Å². The maximum atomic E-state index is 12.5. The quantitative estimate of drug-likeness (QED) is 0.849. The summed E-state index contributed by atoms with van der Waals surface area (Å²) in [5, 5.41) is 0. The highest BCUT2D eigenvalue weighted by Gasteiger charge is 2.16. The van der Waals surface area contributed by atoms with Crippen LogP contribution in [0.4, 0.5) is 0 Å². The number of carbonyl (C=O) groups excluding carboxylic acids is 1. The maximum absolute atomic E-state index is 12.5. The monoisotopic (exact) mass is 307 g/mol. The lowest BCUT2D eigenvalue weighted by Crippen LogP contribution is -2.15. The summed E-state index contributed by atoms with van der Waals surface area (Å²) in [4.78, 5) is 12.5. The van der Waals surface area contributed by atoms with Gasteiger partial charge in [-0.2, -0.15) is 0 Å². The summed E-state index contributed by atoms with van der Waals surface area (Å²) in [7, 11) is 1.59. The third kappa shape index (κ3) is 2.20. The Morgan fingerprint density at radius 1 is 1.17 bits per heavy atom. The van der Waals surface area contributed by atoms with Crippen LogP contribution in [0.1, 0.15) is 21.7 Å². The fraction of sp³-hybridized carbons (Fsp3) is 0.214. The molecule has 4 heteroatoms. The number of aryl methyl sites for hydroxylation is 2. The molecule has 0 atom stereocenters. The van der Waals surface area contributed by atoms with Gasteiger partial charge < -0.3 is 4.74 Å². The van der Waals surface area contributed by atoms with Crippen molar-refractivity contribution < 1.29 is 9.53 Å². The Balaban J connectivity index is 2.52. The lowest BCUT2D eigenvalue weighted by molar-refractivity contribution is 0.0955. The van der Waals surface area contributed by atoms with E-state index >= 15 is 0 Å². The summed E-state index contributed by atoms with van der Waals surface area (Å²) in [5.41, 5.74) is 2.44. The van der Waals surface area contributed by atoms with Gasteiger partial charge in [0, 0.05) is 15.9 Å². The van der Waals surface area contributed by atoms with E-state index in [1.54, 1.807) is 17.7 Å². The van der Waals surface area contributed by atoms with E-state index in [1.165, 1.54) is 0 Å². The minimum absolute atomic E-state index is 0.0548. The Kier molecular flexibility index (Phi) is 3.57. The molecular formula is C14H14BrNO2. The van der Waals surface area contributed by atoms with Gasteiger partial charge in [0.25, 0.3) is 5.91 Å². The van der Waals surface area contributed by atoms with E-state index in [-0.39, 0.29) is 5.91 Å². The third-order valence-electron chi connectivity index (χ3n) is 2.88. The molecule has 2 aromatic rings. The van der Waals surface area contributed by atoms with Crippen molar-refractivity contribution in [2.24, 2.45) is 0 Å². The smallest absolute Gasteiger partial charge is 0.263 e. The summed E-state index contributed by atoms with van der Waals surface area (Å²) in [6.45, 7) is 3.83. The van der Waals surface area contributed by atoms with Gasteiger partial charge >= 0.3 is 0 Å². The zero-order chi connectivity index (χ0) is 13.3. The molecule has 94 valence electrons. The number of benzene rings is 1. The molecule has 1 heterocycles. The van der Waals surface area contributed by atoms with Crippen molar-refractivity contribution in [3.8, 4) is 5.75 Å².